The molecule has 0 spiro atoms. The molecule has 0 radical (unpaired) electrons. The predicted molar refractivity (Wildman–Crippen MR) is 78.7 cm³/mol. The van der Waals surface area contributed by atoms with Crippen LogP contribution in [-0.4, -0.2) is 19.2 Å². The van der Waals surface area contributed by atoms with Crippen molar-refractivity contribution < 1.29 is 18.7 Å². The lowest BCUT2D eigenvalue weighted by Gasteiger charge is -2.08. The second-order valence-corrected chi connectivity index (χ2v) is 4.81. The van der Waals surface area contributed by atoms with Gasteiger partial charge in [0, 0.05) is 17.0 Å². The monoisotopic (exact) mass is 290 g/mol. The molecule has 1 heterocycles. The zero-order valence-corrected chi connectivity index (χ0v) is 12.4. The summed E-state index contributed by atoms with van der Waals surface area (Å²) < 4.78 is 15.5. The minimum absolute atomic E-state index is 0.166. The molecule has 1 aromatic heterocycles. The number of rotatable bonds is 5. The van der Waals surface area contributed by atoms with Crippen LogP contribution in [0.5, 0.6) is 5.75 Å². The average Bonchev–Trinajstić information content (AvgIpc) is 2.48. The van der Waals surface area contributed by atoms with Crippen LogP contribution in [0.3, 0.4) is 0 Å². The summed E-state index contributed by atoms with van der Waals surface area (Å²) in [6.45, 7) is 5.74. The third-order valence-corrected chi connectivity index (χ3v) is 3.25. The molecule has 5 heteroatoms. The molecule has 0 saturated heterocycles. The van der Waals surface area contributed by atoms with Gasteiger partial charge in [-0.25, -0.2) is 9.59 Å². The maximum absolute atomic E-state index is 11.7. The molecule has 2 rings (SSSR count). The summed E-state index contributed by atoms with van der Waals surface area (Å²) in [5.41, 5.74) is 1.57. The number of benzene rings is 1. The molecule has 2 aromatic rings. The number of hydrogen-bond acceptors (Lipinski definition) is 5. The van der Waals surface area contributed by atoms with Gasteiger partial charge in [-0.15, -0.1) is 0 Å². The third-order valence-electron chi connectivity index (χ3n) is 3.25. The summed E-state index contributed by atoms with van der Waals surface area (Å²) in [6, 6.07) is 5.16. The highest BCUT2D eigenvalue weighted by Gasteiger charge is 2.09. The van der Waals surface area contributed by atoms with Crippen LogP contribution in [0, 0.1) is 13.8 Å². The fourth-order valence-corrected chi connectivity index (χ4v) is 1.92. The van der Waals surface area contributed by atoms with Crippen LogP contribution in [0.25, 0.3) is 11.0 Å². The van der Waals surface area contributed by atoms with Crippen molar-refractivity contribution in [2.75, 3.05) is 13.2 Å². The Hall–Kier alpha value is -2.30. The van der Waals surface area contributed by atoms with E-state index < -0.39 is 5.97 Å². The minimum Gasteiger partial charge on any atom is -0.482 e. The first-order valence-corrected chi connectivity index (χ1v) is 6.85. The van der Waals surface area contributed by atoms with Crippen molar-refractivity contribution in [3.8, 4) is 5.75 Å². The van der Waals surface area contributed by atoms with Crippen molar-refractivity contribution in [1.29, 1.82) is 0 Å². The van der Waals surface area contributed by atoms with Crippen molar-refractivity contribution in [3.05, 3.63) is 39.7 Å². The Morgan fingerprint density at radius 2 is 2.00 bits per heavy atom. The van der Waals surface area contributed by atoms with Gasteiger partial charge in [-0.2, -0.15) is 0 Å². The predicted octanol–water partition coefficient (Wildman–Crippen LogP) is 2.74. The van der Waals surface area contributed by atoms with E-state index in [0.29, 0.717) is 23.5 Å². The van der Waals surface area contributed by atoms with Crippen LogP contribution in [-0.2, 0) is 9.53 Å². The Morgan fingerprint density at radius 3 is 2.71 bits per heavy atom. The Morgan fingerprint density at radius 1 is 1.24 bits per heavy atom. The quantitative estimate of drug-likeness (QED) is 0.625. The number of hydrogen-bond donors (Lipinski definition) is 0. The number of ether oxygens (including phenoxy) is 2. The molecule has 0 bridgehead atoms. The summed E-state index contributed by atoms with van der Waals surface area (Å²) in [7, 11) is 0. The van der Waals surface area contributed by atoms with Gasteiger partial charge in [-0.1, -0.05) is 6.92 Å². The van der Waals surface area contributed by atoms with E-state index >= 15 is 0 Å². The molecule has 0 aliphatic heterocycles. The van der Waals surface area contributed by atoms with E-state index in [-0.39, 0.29) is 12.2 Å². The fraction of sp³-hybridized carbons (Fsp3) is 0.375. The summed E-state index contributed by atoms with van der Waals surface area (Å²) in [5.74, 6) is 0.0424. The minimum atomic E-state index is -0.418. The maximum atomic E-state index is 11.7. The second kappa shape index (κ2) is 6.43. The summed E-state index contributed by atoms with van der Waals surface area (Å²) in [4.78, 5) is 23.0. The third kappa shape index (κ3) is 3.42. The molecule has 1 aromatic carbocycles. The SMILES string of the molecule is CCCOC(=O)COc1ccc2c(C)c(C)c(=O)oc2c1. The Labute approximate surface area is 122 Å². The lowest BCUT2D eigenvalue weighted by atomic mass is 10.1. The van der Waals surface area contributed by atoms with Crippen LogP contribution in [0.15, 0.2) is 27.4 Å². The van der Waals surface area contributed by atoms with Crippen molar-refractivity contribution in [2.24, 2.45) is 0 Å². The number of carbonyl (C=O) groups excluding carboxylic acids is 1. The van der Waals surface area contributed by atoms with E-state index in [1.165, 1.54) is 0 Å². The van der Waals surface area contributed by atoms with Gasteiger partial charge in [0.25, 0.3) is 0 Å². The van der Waals surface area contributed by atoms with Crippen molar-refractivity contribution in [2.45, 2.75) is 27.2 Å². The van der Waals surface area contributed by atoms with Crippen LogP contribution in [0.2, 0.25) is 0 Å². The summed E-state index contributed by atoms with van der Waals surface area (Å²) in [5, 5.41) is 0.855. The fourth-order valence-electron chi connectivity index (χ4n) is 1.92. The normalized spacial score (nSPS) is 10.6. The number of carbonyl (C=O) groups is 1. The lowest BCUT2D eigenvalue weighted by Crippen LogP contribution is -2.15. The van der Waals surface area contributed by atoms with E-state index in [0.717, 1.165) is 17.4 Å². The molecule has 0 fully saturated rings. The molecular weight excluding hydrogens is 272 g/mol. The molecule has 0 aliphatic rings. The van der Waals surface area contributed by atoms with Gasteiger partial charge in [0.15, 0.2) is 6.61 Å². The molecule has 0 N–H and O–H groups in total. The van der Waals surface area contributed by atoms with Gasteiger partial charge in [-0.05, 0) is 38.0 Å². The molecule has 0 unspecified atom stereocenters. The highest BCUT2D eigenvalue weighted by atomic mass is 16.6. The lowest BCUT2D eigenvalue weighted by molar-refractivity contribution is -0.146. The standard InChI is InChI=1S/C16H18O5/c1-4-7-19-15(17)9-20-12-5-6-13-10(2)11(3)16(18)21-14(13)8-12/h5-6,8H,4,7,9H2,1-3H3. The maximum Gasteiger partial charge on any atom is 0.344 e. The zero-order valence-electron chi connectivity index (χ0n) is 12.4. The first kappa shape index (κ1) is 15.1. The molecule has 0 saturated carbocycles. The van der Waals surface area contributed by atoms with E-state index in [1.807, 2.05) is 19.9 Å². The largest absolute Gasteiger partial charge is 0.482 e. The van der Waals surface area contributed by atoms with Crippen LogP contribution < -0.4 is 10.4 Å². The molecule has 21 heavy (non-hydrogen) atoms. The molecule has 0 atom stereocenters. The van der Waals surface area contributed by atoms with Crippen molar-refractivity contribution in [3.63, 3.8) is 0 Å². The molecule has 0 amide bonds. The molecule has 5 nitrogen and oxygen atoms in total. The number of fused-ring (bicyclic) bond motifs is 1. The highest BCUT2D eigenvalue weighted by Crippen LogP contribution is 2.23. The van der Waals surface area contributed by atoms with Crippen LogP contribution >= 0.6 is 0 Å². The summed E-state index contributed by atoms with van der Waals surface area (Å²) >= 11 is 0. The second-order valence-electron chi connectivity index (χ2n) is 4.81. The molecule has 0 aliphatic carbocycles. The molecule has 112 valence electrons. The van der Waals surface area contributed by atoms with E-state index in [2.05, 4.69) is 0 Å². The summed E-state index contributed by atoms with van der Waals surface area (Å²) in [6.07, 6.45) is 0.769. The topological polar surface area (TPSA) is 65.7 Å². The zero-order chi connectivity index (χ0) is 15.4. The van der Waals surface area contributed by atoms with Gasteiger partial charge in [0.2, 0.25) is 0 Å². The number of esters is 1. The first-order valence-electron chi connectivity index (χ1n) is 6.85. The van der Waals surface area contributed by atoms with Gasteiger partial charge in [0.1, 0.15) is 11.3 Å². The van der Waals surface area contributed by atoms with E-state index in [9.17, 15) is 9.59 Å². The Bertz CT molecular complexity index is 714. The van der Waals surface area contributed by atoms with Crippen molar-refractivity contribution in [1.82, 2.24) is 0 Å². The van der Waals surface area contributed by atoms with Gasteiger partial charge in [-0.3, -0.25) is 0 Å². The van der Waals surface area contributed by atoms with Crippen molar-refractivity contribution >= 4 is 16.9 Å². The Kier molecular flexibility index (Phi) is 4.62. The van der Waals surface area contributed by atoms with Gasteiger partial charge in [0.05, 0.1) is 6.61 Å². The molecular formula is C16H18O5. The van der Waals surface area contributed by atoms with Crippen LogP contribution in [0.4, 0.5) is 0 Å². The smallest absolute Gasteiger partial charge is 0.344 e. The van der Waals surface area contributed by atoms with E-state index in [4.69, 9.17) is 13.9 Å². The number of aryl methyl sites for hydroxylation is 1. The first-order chi connectivity index (χ1) is 10.0. The van der Waals surface area contributed by atoms with E-state index in [1.54, 1.807) is 19.1 Å². The van der Waals surface area contributed by atoms with Crippen LogP contribution in [0.1, 0.15) is 24.5 Å². The highest BCUT2D eigenvalue weighted by molar-refractivity contribution is 5.82. The van der Waals surface area contributed by atoms with Gasteiger partial charge >= 0.3 is 11.6 Å². The van der Waals surface area contributed by atoms with Gasteiger partial charge < -0.3 is 13.9 Å². The Balaban J connectivity index is 2.18. The average molecular weight is 290 g/mol.